The fourth-order valence-corrected chi connectivity index (χ4v) is 1.86. The number of hydrogen-bond acceptors (Lipinski definition) is 3. The van der Waals surface area contributed by atoms with Gasteiger partial charge < -0.3 is 20.3 Å². The van der Waals surface area contributed by atoms with Crippen LogP contribution >= 0.6 is 0 Å². The van der Waals surface area contributed by atoms with E-state index < -0.39 is 0 Å². The molecule has 0 fully saturated rings. The lowest BCUT2D eigenvalue weighted by Crippen LogP contribution is -2.40. The van der Waals surface area contributed by atoms with Gasteiger partial charge in [0.25, 0.3) is 0 Å². The molecule has 0 spiro atoms. The predicted molar refractivity (Wildman–Crippen MR) is 81.0 cm³/mol. The van der Waals surface area contributed by atoms with Crippen LogP contribution < -0.4 is 15.4 Å². The van der Waals surface area contributed by atoms with Gasteiger partial charge in [-0.1, -0.05) is 18.2 Å². The topological polar surface area (TPSA) is 53.6 Å². The van der Waals surface area contributed by atoms with E-state index in [4.69, 9.17) is 4.74 Å². The third-order valence-corrected chi connectivity index (χ3v) is 2.96. The number of amides is 2. The minimum Gasteiger partial charge on any atom is -0.497 e. The molecule has 0 bridgehead atoms. The van der Waals surface area contributed by atoms with Gasteiger partial charge in [-0.15, -0.1) is 6.58 Å². The van der Waals surface area contributed by atoms with Crippen LogP contribution in [-0.2, 0) is 0 Å². The third kappa shape index (κ3) is 4.93. The molecule has 2 amide bonds. The molecule has 0 aliphatic rings. The molecule has 20 heavy (non-hydrogen) atoms. The molecule has 1 unspecified atom stereocenters. The van der Waals surface area contributed by atoms with Crippen LogP contribution in [0.4, 0.5) is 4.79 Å². The molecule has 1 aromatic carbocycles. The van der Waals surface area contributed by atoms with Gasteiger partial charge in [-0.25, -0.2) is 4.79 Å². The van der Waals surface area contributed by atoms with E-state index in [1.165, 1.54) is 0 Å². The maximum atomic E-state index is 11.6. The van der Waals surface area contributed by atoms with E-state index in [1.54, 1.807) is 13.2 Å². The Morgan fingerprint density at radius 3 is 2.80 bits per heavy atom. The first-order chi connectivity index (χ1) is 9.58. The Morgan fingerprint density at radius 1 is 1.45 bits per heavy atom. The molecule has 1 atom stereocenters. The van der Waals surface area contributed by atoms with Crippen molar-refractivity contribution in [1.82, 2.24) is 15.5 Å². The highest BCUT2D eigenvalue weighted by molar-refractivity contribution is 5.74. The van der Waals surface area contributed by atoms with Crippen LogP contribution in [0.3, 0.4) is 0 Å². The molecule has 110 valence electrons. The van der Waals surface area contributed by atoms with Crippen LogP contribution in [0.25, 0.3) is 0 Å². The Kier molecular flexibility index (Phi) is 6.59. The second kappa shape index (κ2) is 8.22. The fraction of sp³-hybridized carbons (Fsp3) is 0.400. The van der Waals surface area contributed by atoms with Crippen molar-refractivity contribution in [2.45, 2.75) is 6.04 Å². The number of hydrogen-bond donors (Lipinski definition) is 2. The van der Waals surface area contributed by atoms with E-state index >= 15 is 0 Å². The summed E-state index contributed by atoms with van der Waals surface area (Å²) in [5.41, 5.74) is 1.10. The van der Waals surface area contributed by atoms with Gasteiger partial charge in [0.15, 0.2) is 0 Å². The van der Waals surface area contributed by atoms with Gasteiger partial charge in [-0.3, -0.25) is 0 Å². The summed E-state index contributed by atoms with van der Waals surface area (Å²) in [6, 6.07) is 7.74. The van der Waals surface area contributed by atoms with E-state index in [9.17, 15) is 4.79 Å². The lowest BCUT2D eigenvalue weighted by Gasteiger charge is -2.25. The van der Waals surface area contributed by atoms with Crippen LogP contribution in [0.5, 0.6) is 5.75 Å². The predicted octanol–water partition coefficient (Wildman–Crippen LogP) is 1.78. The van der Waals surface area contributed by atoms with Gasteiger partial charge in [-0.05, 0) is 31.8 Å². The van der Waals surface area contributed by atoms with E-state index in [0.717, 1.165) is 11.3 Å². The minimum absolute atomic E-state index is 0.0829. The number of benzene rings is 1. The third-order valence-electron chi connectivity index (χ3n) is 2.96. The Labute approximate surface area is 120 Å². The Balaban J connectivity index is 2.68. The molecule has 0 heterocycles. The van der Waals surface area contributed by atoms with E-state index in [-0.39, 0.29) is 12.1 Å². The SMILES string of the molecule is C=CCNC(=O)NCC(c1cccc(OC)c1)N(C)C. The monoisotopic (exact) mass is 277 g/mol. The lowest BCUT2D eigenvalue weighted by atomic mass is 10.1. The van der Waals surface area contributed by atoms with Gasteiger partial charge in [0.05, 0.1) is 13.2 Å². The highest BCUT2D eigenvalue weighted by Gasteiger charge is 2.15. The van der Waals surface area contributed by atoms with Crippen LogP contribution in [0.1, 0.15) is 11.6 Å². The van der Waals surface area contributed by atoms with E-state index in [0.29, 0.717) is 13.1 Å². The molecule has 0 saturated heterocycles. The smallest absolute Gasteiger partial charge is 0.315 e. The molecule has 5 nitrogen and oxygen atoms in total. The first-order valence-corrected chi connectivity index (χ1v) is 6.51. The number of carbonyl (C=O) groups excluding carboxylic acids is 1. The second-order valence-electron chi connectivity index (χ2n) is 4.64. The lowest BCUT2D eigenvalue weighted by molar-refractivity contribution is 0.233. The van der Waals surface area contributed by atoms with Crippen LogP contribution in [0.2, 0.25) is 0 Å². The summed E-state index contributed by atoms with van der Waals surface area (Å²) >= 11 is 0. The van der Waals surface area contributed by atoms with Gasteiger partial charge >= 0.3 is 6.03 Å². The summed E-state index contributed by atoms with van der Waals surface area (Å²) in [6.45, 7) is 4.53. The number of carbonyl (C=O) groups is 1. The van der Waals surface area contributed by atoms with E-state index in [2.05, 4.69) is 22.1 Å². The quantitative estimate of drug-likeness (QED) is 0.747. The van der Waals surface area contributed by atoms with Crippen LogP contribution in [0.15, 0.2) is 36.9 Å². The van der Waals surface area contributed by atoms with Crippen molar-refractivity contribution in [3.63, 3.8) is 0 Å². The summed E-state index contributed by atoms with van der Waals surface area (Å²) in [5.74, 6) is 0.811. The number of rotatable bonds is 7. The average molecular weight is 277 g/mol. The summed E-state index contributed by atoms with van der Waals surface area (Å²) in [4.78, 5) is 13.6. The largest absolute Gasteiger partial charge is 0.497 e. The van der Waals surface area contributed by atoms with Gasteiger partial charge in [0, 0.05) is 13.1 Å². The Morgan fingerprint density at radius 2 is 2.20 bits per heavy atom. The van der Waals surface area contributed by atoms with Crippen LogP contribution in [-0.4, -0.2) is 45.2 Å². The maximum Gasteiger partial charge on any atom is 0.315 e. The van der Waals surface area contributed by atoms with Crippen molar-refractivity contribution in [2.75, 3.05) is 34.3 Å². The fourth-order valence-electron chi connectivity index (χ4n) is 1.86. The summed E-state index contributed by atoms with van der Waals surface area (Å²) in [5, 5.41) is 5.54. The first-order valence-electron chi connectivity index (χ1n) is 6.51. The highest BCUT2D eigenvalue weighted by atomic mass is 16.5. The summed E-state index contributed by atoms with van der Waals surface area (Å²) in [6.07, 6.45) is 1.64. The standard InChI is InChI=1S/C15H23N3O2/c1-5-9-16-15(19)17-11-14(18(2)3)12-7-6-8-13(10-12)20-4/h5-8,10,14H,1,9,11H2,2-4H3,(H2,16,17,19). The minimum atomic E-state index is -0.195. The number of ether oxygens (including phenoxy) is 1. The number of nitrogens with zero attached hydrogens (tertiary/aromatic N) is 1. The Bertz CT molecular complexity index is 446. The summed E-state index contributed by atoms with van der Waals surface area (Å²) < 4.78 is 5.23. The molecule has 0 radical (unpaired) electrons. The first kappa shape index (κ1) is 16.0. The molecule has 0 aliphatic heterocycles. The maximum absolute atomic E-state index is 11.6. The average Bonchev–Trinajstić information content (AvgIpc) is 2.45. The second-order valence-corrected chi connectivity index (χ2v) is 4.64. The molecular weight excluding hydrogens is 254 g/mol. The van der Waals surface area contributed by atoms with E-state index in [1.807, 2.05) is 38.4 Å². The van der Waals surface area contributed by atoms with Gasteiger partial charge in [0.2, 0.25) is 0 Å². The zero-order valence-corrected chi connectivity index (χ0v) is 12.3. The van der Waals surface area contributed by atoms with Gasteiger partial charge in [0.1, 0.15) is 5.75 Å². The molecule has 1 aromatic rings. The summed E-state index contributed by atoms with van der Waals surface area (Å²) in [7, 11) is 5.60. The highest BCUT2D eigenvalue weighted by Crippen LogP contribution is 2.21. The molecule has 0 aliphatic carbocycles. The zero-order valence-electron chi connectivity index (χ0n) is 12.3. The van der Waals surface area contributed by atoms with Gasteiger partial charge in [-0.2, -0.15) is 0 Å². The number of urea groups is 1. The van der Waals surface area contributed by atoms with Crippen molar-refractivity contribution in [1.29, 1.82) is 0 Å². The molecule has 2 N–H and O–H groups in total. The zero-order chi connectivity index (χ0) is 15.0. The number of likely N-dealkylation sites (N-methyl/N-ethyl adjacent to an activating group) is 1. The molecule has 0 aromatic heterocycles. The van der Waals surface area contributed by atoms with Crippen molar-refractivity contribution < 1.29 is 9.53 Å². The molecule has 1 rings (SSSR count). The van der Waals surface area contributed by atoms with Crippen molar-refractivity contribution >= 4 is 6.03 Å². The number of methoxy groups -OCH3 is 1. The number of nitrogens with one attached hydrogen (secondary N) is 2. The van der Waals surface area contributed by atoms with Crippen molar-refractivity contribution in [2.24, 2.45) is 0 Å². The van der Waals surface area contributed by atoms with Crippen LogP contribution in [0, 0.1) is 0 Å². The molecule has 0 saturated carbocycles. The Hall–Kier alpha value is -2.01. The van der Waals surface area contributed by atoms with Crippen molar-refractivity contribution in [3.8, 4) is 5.75 Å². The van der Waals surface area contributed by atoms with Crippen molar-refractivity contribution in [3.05, 3.63) is 42.5 Å². The molecule has 5 heteroatoms. The molecular formula is C15H23N3O2. The normalized spacial score (nSPS) is 11.8.